The van der Waals surface area contributed by atoms with Crippen LogP contribution in [0.15, 0.2) is 17.1 Å². The highest BCUT2D eigenvalue weighted by Gasteiger charge is 2.55. The summed E-state index contributed by atoms with van der Waals surface area (Å²) in [4.78, 5) is 18.0. The maximum absolute atomic E-state index is 11.9. The Labute approximate surface area is 158 Å². The summed E-state index contributed by atoms with van der Waals surface area (Å²) < 4.78 is 6.04. The fraction of sp³-hybridized carbons (Fsp3) is 0.800. The van der Waals surface area contributed by atoms with Crippen LogP contribution in [0.4, 0.5) is 0 Å². The lowest BCUT2D eigenvalue weighted by molar-refractivity contribution is -0.145. The standard InChI is InChI=1S/C20H36N4O2/c1-6-26-17-12-16(20(17)10-8-7-9-11-20)23-19(21-13-15(2)3)22-14-18(25)24(4)5/h16-17H,2,6-14H2,1,3-5H3,(H2,21,22,23). The van der Waals surface area contributed by atoms with Crippen molar-refractivity contribution in [3.05, 3.63) is 12.2 Å². The Morgan fingerprint density at radius 2 is 2.00 bits per heavy atom. The Hall–Kier alpha value is -1.56. The number of rotatable bonds is 7. The van der Waals surface area contributed by atoms with Gasteiger partial charge < -0.3 is 20.3 Å². The molecule has 2 atom stereocenters. The molecule has 0 heterocycles. The Balaban J connectivity index is 2.06. The van der Waals surface area contributed by atoms with Gasteiger partial charge >= 0.3 is 0 Å². The molecule has 2 aliphatic carbocycles. The summed E-state index contributed by atoms with van der Waals surface area (Å²) in [6, 6.07) is 0.352. The van der Waals surface area contributed by atoms with Gasteiger partial charge in [0.1, 0.15) is 6.54 Å². The lowest BCUT2D eigenvalue weighted by Crippen LogP contribution is -2.66. The number of nitrogens with zero attached hydrogens (tertiary/aromatic N) is 2. The first-order valence-electron chi connectivity index (χ1n) is 9.90. The van der Waals surface area contributed by atoms with E-state index in [-0.39, 0.29) is 17.9 Å². The molecule has 2 N–H and O–H groups in total. The molecule has 1 spiro atoms. The van der Waals surface area contributed by atoms with Crippen molar-refractivity contribution in [2.24, 2.45) is 10.4 Å². The second-order valence-electron chi connectivity index (χ2n) is 7.93. The van der Waals surface area contributed by atoms with Gasteiger partial charge in [-0.05, 0) is 33.1 Å². The third-order valence-corrected chi connectivity index (χ3v) is 5.68. The lowest BCUT2D eigenvalue weighted by atomic mass is 9.55. The molecule has 0 aromatic carbocycles. The predicted molar refractivity (Wildman–Crippen MR) is 106 cm³/mol. The SMILES string of the molecule is C=C(C)CNC(=NCC(=O)N(C)C)NC1CC(OCC)C12CCCCC2. The Morgan fingerprint density at radius 1 is 1.31 bits per heavy atom. The van der Waals surface area contributed by atoms with Crippen molar-refractivity contribution in [2.75, 3.05) is 33.8 Å². The van der Waals surface area contributed by atoms with Gasteiger partial charge in [-0.15, -0.1) is 0 Å². The first-order chi connectivity index (χ1) is 12.4. The summed E-state index contributed by atoms with van der Waals surface area (Å²) >= 11 is 0. The molecule has 0 bridgehead atoms. The molecule has 6 nitrogen and oxygen atoms in total. The normalized spacial score (nSPS) is 24.7. The highest BCUT2D eigenvalue weighted by Crippen LogP contribution is 2.53. The number of carbonyl (C=O) groups excluding carboxylic acids is 1. The zero-order chi connectivity index (χ0) is 19.2. The molecule has 1 amide bonds. The molecule has 2 saturated carbocycles. The van der Waals surface area contributed by atoms with Crippen molar-refractivity contribution >= 4 is 11.9 Å². The first kappa shape index (κ1) is 20.7. The average molecular weight is 365 g/mol. The third-order valence-electron chi connectivity index (χ3n) is 5.68. The zero-order valence-corrected chi connectivity index (χ0v) is 16.9. The number of guanidine groups is 1. The van der Waals surface area contributed by atoms with Gasteiger partial charge in [0.25, 0.3) is 0 Å². The number of likely N-dealkylation sites (N-methyl/N-ethyl adjacent to an activating group) is 1. The van der Waals surface area contributed by atoms with E-state index in [1.54, 1.807) is 19.0 Å². The van der Waals surface area contributed by atoms with Crippen LogP contribution in [0.5, 0.6) is 0 Å². The molecule has 2 rings (SSSR count). The molecule has 0 aliphatic heterocycles. The number of hydrogen-bond donors (Lipinski definition) is 2. The molecule has 0 radical (unpaired) electrons. The van der Waals surface area contributed by atoms with Crippen LogP contribution in [-0.4, -0.2) is 62.7 Å². The number of aliphatic imine (C=N–C) groups is 1. The molecular formula is C20H36N4O2. The van der Waals surface area contributed by atoms with E-state index in [1.807, 2.05) is 6.92 Å². The van der Waals surface area contributed by atoms with E-state index in [1.165, 1.54) is 32.1 Å². The summed E-state index contributed by atoms with van der Waals surface area (Å²) in [5.74, 6) is 0.697. The van der Waals surface area contributed by atoms with Crippen molar-refractivity contribution in [3.63, 3.8) is 0 Å². The number of nitrogens with one attached hydrogen (secondary N) is 2. The molecule has 2 aliphatic rings. The summed E-state index contributed by atoms with van der Waals surface area (Å²) in [5, 5.41) is 6.91. The molecule has 26 heavy (non-hydrogen) atoms. The summed E-state index contributed by atoms with van der Waals surface area (Å²) in [7, 11) is 3.50. The minimum Gasteiger partial charge on any atom is -0.378 e. The summed E-state index contributed by atoms with van der Waals surface area (Å²) in [6.07, 6.45) is 7.62. The Bertz CT molecular complexity index is 524. The van der Waals surface area contributed by atoms with E-state index in [0.717, 1.165) is 18.6 Å². The molecule has 148 valence electrons. The van der Waals surface area contributed by atoms with Gasteiger partial charge in [0.05, 0.1) is 6.10 Å². The molecule has 6 heteroatoms. The van der Waals surface area contributed by atoms with E-state index in [9.17, 15) is 4.79 Å². The van der Waals surface area contributed by atoms with Crippen LogP contribution in [-0.2, 0) is 9.53 Å². The average Bonchev–Trinajstić information content (AvgIpc) is 2.62. The van der Waals surface area contributed by atoms with E-state index in [0.29, 0.717) is 24.7 Å². The number of ether oxygens (including phenoxy) is 1. The quantitative estimate of drug-likeness (QED) is 0.413. The molecule has 2 fully saturated rings. The predicted octanol–water partition coefficient (Wildman–Crippen LogP) is 2.31. The van der Waals surface area contributed by atoms with Gasteiger partial charge in [-0.25, -0.2) is 4.99 Å². The van der Waals surface area contributed by atoms with Crippen molar-refractivity contribution in [2.45, 2.75) is 64.5 Å². The molecule has 2 unspecified atom stereocenters. The van der Waals surface area contributed by atoms with Gasteiger partial charge in [0.15, 0.2) is 5.96 Å². The van der Waals surface area contributed by atoms with E-state index in [4.69, 9.17) is 4.74 Å². The van der Waals surface area contributed by atoms with Crippen molar-refractivity contribution in [3.8, 4) is 0 Å². The first-order valence-corrected chi connectivity index (χ1v) is 9.90. The van der Waals surface area contributed by atoms with Crippen molar-refractivity contribution < 1.29 is 9.53 Å². The second-order valence-corrected chi connectivity index (χ2v) is 7.93. The van der Waals surface area contributed by atoms with E-state index in [2.05, 4.69) is 29.1 Å². The molecule has 0 aromatic heterocycles. The second kappa shape index (κ2) is 9.40. The van der Waals surface area contributed by atoms with Crippen LogP contribution in [0, 0.1) is 5.41 Å². The van der Waals surface area contributed by atoms with Gasteiger partial charge in [-0.3, -0.25) is 4.79 Å². The number of carbonyl (C=O) groups is 1. The maximum Gasteiger partial charge on any atom is 0.243 e. The fourth-order valence-corrected chi connectivity index (χ4v) is 4.11. The Kier molecular flexibility index (Phi) is 7.50. The minimum absolute atomic E-state index is 0.00499. The third kappa shape index (κ3) is 5.00. The van der Waals surface area contributed by atoms with Gasteiger partial charge in [0, 0.05) is 38.7 Å². The summed E-state index contributed by atoms with van der Waals surface area (Å²) in [6.45, 7) is 9.56. The number of hydrogen-bond acceptors (Lipinski definition) is 3. The largest absolute Gasteiger partial charge is 0.378 e. The van der Waals surface area contributed by atoms with Crippen LogP contribution >= 0.6 is 0 Å². The van der Waals surface area contributed by atoms with Crippen LogP contribution in [0.3, 0.4) is 0 Å². The van der Waals surface area contributed by atoms with Gasteiger partial charge in [-0.2, -0.15) is 0 Å². The van der Waals surface area contributed by atoms with Crippen LogP contribution < -0.4 is 10.6 Å². The number of amides is 1. The topological polar surface area (TPSA) is 66.0 Å². The highest BCUT2D eigenvalue weighted by atomic mass is 16.5. The fourth-order valence-electron chi connectivity index (χ4n) is 4.11. The molecule has 0 saturated heterocycles. The van der Waals surface area contributed by atoms with Crippen LogP contribution in [0.25, 0.3) is 0 Å². The van der Waals surface area contributed by atoms with E-state index >= 15 is 0 Å². The van der Waals surface area contributed by atoms with Crippen molar-refractivity contribution in [1.82, 2.24) is 15.5 Å². The van der Waals surface area contributed by atoms with E-state index < -0.39 is 0 Å². The minimum atomic E-state index is -0.00499. The smallest absolute Gasteiger partial charge is 0.243 e. The molecular weight excluding hydrogens is 328 g/mol. The zero-order valence-electron chi connectivity index (χ0n) is 16.9. The van der Waals surface area contributed by atoms with Crippen LogP contribution in [0.1, 0.15) is 52.4 Å². The van der Waals surface area contributed by atoms with Crippen LogP contribution in [0.2, 0.25) is 0 Å². The van der Waals surface area contributed by atoms with Gasteiger partial charge in [-0.1, -0.05) is 31.4 Å². The van der Waals surface area contributed by atoms with Gasteiger partial charge in [0.2, 0.25) is 5.91 Å². The Morgan fingerprint density at radius 3 is 2.58 bits per heavy atom. The summed E-state index contributed by atoms with van der Waals surface area (Å²) in [5.41, 5.74) is 1.25. The monoisotopic (exact) mass is 364 g/mol. The highest BCUT2D eigenvalue weighted by molar-refractivity contribution is 5.85. The lowest BCUT2D eigenvalue weighted by Gasteiger charge is -2.58. The molecule has 0 aromatic rings. The maximum atomic E-state index is 11.9. The van der Waals surface area contributed by atoms with Crippen molar-refractivity contribution in [1.29, 1.82) is 0 Å².